The quantitative estimate of drug-likeness (QED) is 0.458. The van der Waals surface area contributed by atoms with E-state index < -0.39 is 0 Å². The second-order valence-electron chi connectivity index (χ2n) is 3.94. The van der Waals surface area contributed by atoms with Gasteiger partial charge in [-0.3, -0.25) is 4.79 Å². The molecule has 0 saturated carbocycles. The van der Waals surface area contributed by atoms with Crippen LogP contribution in [0.3, 0.4) is 0 Å². The van der Waals surface area contributed by atoms with Crippen LogP contribution in [0.25, 0.3) is 0 Å². The van der Waals surface area contributed by atoms with Crippen LogP contribution >= 0.6 is 15.9 Å². The van der Waals surface area contributed by atoms with Gasteiger partial charge in [-0.25, -0.2) is 5.43 Å². The number of hydrazone groups is 1. The highest BCUT2D eigenvalue weighted by Gasteiger charge is 2.06. The van der Waals surface area contributed by atoms with Gasteiger partial charge in [0.05, 0.1) is 10.7 Å². The molecule has 2 aromatic carbocycles. The van der Waals surface area contributed by atoms with Crippen LogP contribution in [0.15, 0.2) is 52.0 Å². The van der Waals surface area contributed by atoms with Gasteiger partial charge in [0, 0.05) is 5.56 Å². The highest BCUT2D eigenvalue weighted by Crippen LogP contribution is 2.33. The van der Waals surface area contributed by atoms with Crippen molar-refractivity contribution in [3.05, 3.63) is 58.1 Å². The van der Waals surface area contributed by atoms with Crippen molar-refractivity contribution in [3.8, 4) is 11.5 Å². The molecule has 1 amide bonds. The molecule has 2 rings (SSSR count). The first-order chi connectivity index (χ1) is 9.58. The lowest BCUT2D eigenvalue weighted by atomic mass is 10.2. The van der Waals surface area contributed by atoms with Crippen molar-refractivity contribution < 1.29 is 15.0 Å². The predicted molar refractivity (Wildman–Crippen MR) is 79.0 cm³/mol. The number of phenolic OH excluding ortho intramolecular Hbond substituents is 2. The number of amides is 1. The zero-order valence-corrected chi connectivity index (χ0v) is 11.8. The number of nitrogens with one attached hydrogen (secondary N) is 1. The standard InChI is InChI=1S/C14H11BrN2O3/c15-11-6-9(7-12(18)13(11)19)8-16-17-14(20)10-4-2-1-3-5-10/h1-8,18-19H,(H,17,20). The Bertz CT molecular complexity index is 634. The number of halogens is 1. The second kappa shape index (κ2) is 6.21. The molecule has 102 valence electrons. The number of nitrogens with zero attached hydrogens (tertiary/aromatic N) is 1. The van der Waals surface area contributed by atoms with Crippen molar-refractivity contribution in [1.82, 2.24) is 5.43 Å². The van der Waals surface area contributed by atoms with Crippen molar-refractivity contribution in [3.63, 3.8) is 0 Å². The molecule has 0 aliphatic heterocycles. The lowest BCUT2D eigenvalue weighted by Gasteiger charge is -2.02. The summed E-state index contributed by atoms with van der Waals surface area (Å²) in [6.45, 7) is 0. The molecule has 0 heterocycles. The molecular formula is C14H11BrN2O3. The van der Waals surface area contributed by atoms with Gasteiger partial charge in [0.15, 0.2) is 11.5 Å². The third-order valence-corrected chi connectivity index (χ3v) is 3.09. The minimum absolute atomic E-state index is 0.240. The van der Waals surface area contributed by atoms with Crippen molar-refractivity contribution in [1.29, 1.82) is 0 Å². The van der Waals surface area contributed by atoms with E-state index in [2.05, 4.69) is 26.5 Å². The monoisotopic (exact) mass is 334 g/mol. The van der Waals surface area contributed by atoms with Crippen LogP contribution in [-0.4, -0.2) is 22.3 Å². The van der Waals surface area contributed by atoms with Crippen LogP contribution in [0.5, 0.6) is 11.5 Å². The van der Waals surface area contributed by atoms with Gasteiger partial charge in [0.25, 0.3) is 5.91 Å². The SMILES string of the molecule is O=C(NN=Cc1cc(O)c(O)c(Br)c1)c1ccccc1. The number of phenols is 2. The minimum atomic E-state index is -0.330. The predicted octanol–water partition coefficient (Wildman–Crippen LogP) is 2.62. The van der Waals surface area contributed by atoms with E-state index in [0.29, 0.717) is 15.6 Å². The molecule has 3 N–H and O–H groups in total. The van der Waals surface area contributed by atoms with E-state index in [1.54, 1.807) is 30.3 Å². The maximum atomic E-state index is 11.7. The summed E-state index contributed by atoms with van der Waals surface area (Å²) in [5.74, 6) is -0.838. The van der Waals surface area contributed by atoms with Gasteiger partial charge in [-0.1, -0.05) is 18.2 Å². The van der Waals surface area contributed by atoms with Crippen molar-refractivity contribution >= 4 is 28.1 Å². The molecule has 0 unspecified atom stereocenters. The van der Waals surface area contributed by atoms with Gasteiger partial charge in [-0.2, -0.15) is 5.10 Å². The molecule has 6 heteroatoms. The van der Waals surface area contributed by atoms with Crippen molar-refractivity contribution in [2.24, 2.45) is 5.10 Å². The largest absolute Gasteiger partial charge is 0.504 e. The fourth-order valence-corrected chi connectivity index (χ4v) is 1.97. The molecule has 2 aromatic rings. The molecule has 0 aromatic heterocycles. The maximum Gasteiger partial charge on any atom is 0.271 e. The summed E-state index contributed by atoms with van der Waals surface area (Å²) in [4.78, 5) is 11.7. The summed E-state index contributed by atoms with van der Waals surface area (Å²) >= 11 is 3.10. The third kappa shape index (κ3) is 3.36. The molecule has 0 aliphatic carbocycles. The average molecular weight is 335 g/mol. The normalized spacial score (nSPS) is 10.7. The summed E-state index contributed by atoms with van der Waals surface area (Å²) < 4.78 is 0.341. The summed E-state index contributed by atoms with van der Waals surface area (Å²) in [5, 5.41) is 22.6. The van der Waals surface area contributed by atoms with Gasteiger partial charge in [-0.15, -0.1) is 0 Å². The van der Waals surface area contributed by atoms with E-state index in [4.69, 9.17) is 0 Å². The number of aromatic hydroxyl groups is 2. The number of carbonyl (C=O) groups is 1. The molecule has 0 bridgehead atoms. The minimum Gasteiger partial charge on any atom is -0.504 e. The maximum absolute atomic E-state index is 11.7. The Morgan fingerprint density at radius 2 is 1.90 bits per heavy atom. The fraction of sp³-hybridized carbons (Fsp3) is 0. The van der Waals surface area contributed by atoms with Crippen LogP contribution in [0.1, 0.15) is 15.9 Å². The zero-order chi connectivity index (χ0) is 14.5. The van der Waals surface area contributed by atoms with Crippen molar-refractivity contribution in [2.45, 2.75) is 0 Å². The second-order valence-corrected chi connectivity index (χ2v) is 4.79. The Labute approximate surface area is 123 Å². The topological polar surface area (TPSA) is 81.9 Å². The lowest BCUT2D eigenvalue weighted by molar-refractivity contribution is 0.0955. The first kappa shape index (κ1) is 14.1. The van der Waals surface area contributed by atoms with E-state index in [1.165, 1.54) is 12.3 Å². The molecule has 0 fully saturated rings. The highest BCUT2D eigenvalue weighted by molar-refractivity contribution is 9.10. The Balaban J connectivity index is 2.06. The van der Waals surface area contributed by atoms with Gasteiger partial charge >= 0.3 is 0 Å². The fourth-order valence-electron chi connectivity index (χ4n) is 1.50. The summed E-state index contributed by atoms with van der Waals surface area (Å²) in [7, 11) is 0. The Morgan fingerprint density at radius 1 is 1.20 bits per heavy atom. The van der Waals surface area contributed by atoms with Crippen LogP contribution in [0, 0.1) is 0 Å². The lowest BCUT2D eigenvalue weighted by Crippen LogP contribution is -2.17. The summed E-state index contributed by atoms with van der Waals surface area (Å²) in [6, 6.07) is 11.6. The van der Waals surface area contributed by atoms with E-state index in [-0.39, 0.29) is 17.4 Å². The van der Waals surface area contributed by atoms with E-state index >= 15 is 0 Å². The smallest absolute Gasteiger partial charge is 0.271 e. The molecule has 0 saturated heterocycles. The van der Waals surface area contributed by atoms with E-state index in [9.17, 15) is 15.0 Å². The van der Waals surface area contributed by atoms with E-state index in [0.717, 1.165) is 0 Å². The number of hydrogen-bond donors (Lipinski definition) is 3. The molecule has 20 heavy (non-hydrogen) atoms. The Kier molecular flexibility index (Phi) is 4.37. The molecule has 5 nitrogen and oxygen atoms in total. The van der Waals surface area contributed by atoms with Crippen LogP contribution in [0.4, 0.5) is 0 Å². The number of rotatable bonds is 3. The molecule has 0 aliphatic rings. The Morgan fingerprint density at radius 3 is 2.55 bits per heavy atom. The van der Waals surface area contributed by atoms with E-state index in [1.807, 2.05) is 6.07 Å². The molecular weight excluding hydrogens is 324 g/mol. The van der Waals surface area contributed by atoms with Gasteiger partial charge in [-0.05, 0) is 45.8 Å². The third-order valence-electron chi connectivity index (χ3n) is 2.48. The highest BCUT2D eigenvalue weighted by atomic mass is 79.9. The van der Waals surface area contributed by atoms with Crippen LogP contribution in [0.2, 0.25) is 0 Å². The summed E-state index contributed by atoms with van der Waals surface area (Å²) in [6.07, 6.45) is 1.37. The van der Waals surface area contributed by atoms with Crippen LogP contribution < -0.4 is 5.43 Å². The molecule has 0 spiro atoms. The van der Waals surface area contributed by atoms with Crippen LogP contribution in [-0.2, 0) is 0 Å². The first-order valence-corrected chi connectivity index (χ1v) is 6.47. The summed E-state index contributed by atoms with van der Waals surface area (Å²) in [5.41, 5.74) is 3.40. The molecule has 0 atom stereocenters. The van der Waals surface area contributed by atoms with Gasteiger partial charge in [0.1, 0.15) is 0 Å². The number of carbonyl (C=O) groups excluding carboxylic acids is 1. The van der Waals surface area contributed by atoms with Crippen molar-refractivity contribution in [2.75, 3.05) is 0 Å². The number of hydrogen-bond acceptors (Lipinski definition) is 4. The average Bonchev–Trinajstić information content (AvgIpc) is 2.45. The molecule has 0 radical (unpaired) electrons. The number of benzene rings is 2. The first-order valence-electron chi connectivity index (χ1n) is 5.68. The van der Waals surface area contributed by atoms with Gasteiger partial charge in [0.2, 0.25) is 0 Å². The zero-order valence-electron chi connectivity index (χ0n) is 10.2. The van der Waals surface area contributed by atoms with Gasteiger partial charge < -0.3 is 10.2 Å². The Hall–Kier alpha value is -2.34.